The summed E-state index contributed by atoms with van der Waals surface area (Å²) in [6, 6.07) is 0. The number of carbonyl (C=O) groups excluding carboxylic acids is 3. The Hall–Kier alpha value is -4.45. The van der Waals surface area contributed by atoms with Gasteiger partial charge in [-0.1, -0.05) is 276 Å². The van der Waals surface area contributed by atoms with E-state index in [1.165, 1.54) is 96.3 Å². The maximum atomic E-state index is 12.9. The molecule has 0 saturated carbocycles. The van der Waals surface area contributed by atoms with E-state index >= 15 is 0 Å². The molecule has 0 fully saturated rings. The number of esters is 3. The Labute approximate surface area is 487 Å². The van der Waals surface area contributed by atoms with Gasteiger partial charge in [-0.3, -0.25) is 14.4 Å². The molecule has 0 aliphatic carbocycles. The lowest BCUT2D eigenvalue weighted by molar-refractivity contribution is -0.167. The number of ether oxygens (including phenoxy) is 3. The lowest BCUT2D eigenvalue weighted by Gasteiger charge is -2.18. The average Bonchev–Trinajstić information content (AvgIpc) is 3.45. The van der Waals surface area contributed by atoms with Crippen LogP contribution in [0.5, 0.6) is 0 Å². The van der Waals surface area contributed by atoms with Crippen LogP contribution in [0, 0.1) is 0 Å². The van der Waals surface area contributed by atoms with E-state index in [9.17, 15) is 14.4 Å². The van der Waals surface area contributed by atoms with E-state index in [-0.39, 0.29) is 31.1 Å². The second-order valence-electron chi connectivity index (χ2n) is 21.2. The minimum Gasteiger partial charge on any atom is -0.462 e. The molecule has 0 aromatic carbocycles. The van der Waals surface area contributed by atoms with Gasteiger partial charge in [-0.2, -0.15) is 0 Å². The summed E-state index contributed by atoms with van der Waals surface area (Å²) in [7, 11) is 0. The Kier molecular flexibility index (Phi) is 62.3. The van der Waals surface area contributed by atoms with Gasteiger partial charge in [0.2, 0.25) is 0 Å². The Morgan fingerprint density at radius 3 is 0.709 bits per heavy atom. The van der Waals surface area contributed by atoms with Gasteiger partial charge in [0, 0.05) is 19.3 Å². The van der Waals surface area contributed by atoms with Crippen molar-refractivity contribution in [3.05, 3.63) is 134 Å². The largest absolute Gasteiger partial charge is 0.462 e. The van der Waals surface area contributed by atoms with Crippen molar-refractivity contribution in [3.8, 4) is 0 Å². The van der Waals surface area contributed by atoms with Crippen LogP contribution in [-0.4, -0.2) is 37.2 Å². The first-order chi connectivity index (χ1) is 39.0. The SMILES string of the molecule is CC/C=C\C/C=C\C/C=C\C/C=C\CCCCCCCCCCCCCCC(=O)OCC(COC(=O)CCCCCCC/C=C\C/C=C\C/C=C\CC)OC(=O)CCCCCCCCCC/C=C\C/C=C\C/C=C\C/C=C\CC. The molecule has 0 aromatic heterocycles. The zero-order chi connectivity index (χ0) is 57.1. The molecule has 0 aliphatic heterocycles. The molecule has 0 heterocycles. The standard InChI is InChI=1S/C73H120O6/c1-4-7-10-13-16-19-22-25-28-30-32-34-35-36-37-39-40-42-45-48-51-54-57-60-63-66-72(75)78-69-70(68-77-71(74)65-62-59-56-53-50-47-44-27-24-21-18-15-12-9-6-3)79-73(76)67-64-61-58-55-52-49-46-43-41-38-33-31-29-26-23-20-17-14-11-8-5-2/h7-12,16-21,25-29,32-34,38,44,70H,4-6,13-15,22-24,30-31,35-37,39-43,45-69H2,1-3H3/b10-7-,11-8-,12-9-,19-16-,20-17-,21-18-,28-25-,29-26-,34-32-,38-33-,44-27-. The van der Waals surface area contributed by atoms with E-state index in [1.54, 1.807) is 0 Å². The monoisotopic (exact) mass is 1090 g/mol. The summed E-state index contributed by atoms with van der Waals surface area (Å²) in [5.74, 6) is -0.914. The minimum atomic E-state index is -0.797. The van der Waals surface area contributed by atoms with Crippen LogP contribution in [0.4, 0.5) is 0 Å². The first-order valence-electron chi connectivity index (χ1n) is 32.7. The third kappa shape index (κ3) is 64.3. The van der Waals surface area contributed by atoms with Crippen molar-refractivity contribution in [2.45, 2.75) is 297 Å². The van der Waals surface area contributed by atoms with Gasteiger partial charge < -0.3 is 14.2 Å². The van der Waals surface area contributed by atoms with Gasteiger partial charge in [-0.25, -0.2) is 0 Å². The van der Waals surface area contributed by atoms with Crippen LogP contribution in [0.2, 0.25) is 0 Å². The number of hydrogen-bond acceptors (Lipinski definition) is 6. The van der Waals surface area contributed by atoms with Gasteiger partial charge in [-0.05, 0) is 128 Å². The molecule has 6 nitrogen and oxygen atoms in total. The molecule has 0 aliphatic rings. The van der Waals surface area contributed by atoms with Crippen LogP contribution in [0.3, 0.4) is 0 Å². The van der Waals surface area contributed by atoms with E-state index in [0.717, 1.165) is 154 Å². The number of allylic oxidation sites excluding steroid dienone is 22. The van der Waals surface area contributed by atoms with Gasteiger partial charge >= 0.3 is 17.9 Å². The molecule has 1 unspecified atom stereocenters. The van der Waals surface area contributed by atoms with Gasteiger partial charge in [0.15, 0.2) is 6.10 Å². The number of rotatable bonds is 58. The van der Waals surface area contributed by atoms with Gasteiger partial charge in [-0.15, -0.1) is 0 Å². The topological polar surface area (TPSA) is 78.9 Å². The van der Waals surface area contributed by atoms with E-state index < -0.39 is 6.10 Å². The van der Waals surface area contributed by atoms with Crippen LogP contribution in [0.25, 0.3) is 0 Å². The van der Waals surface area contributed by atoms with Crippen molar-refractivity contribution in [1.29, 1.82) is 0 Å². The Bertz CT molecular complexity index is 1680. The van der Waals surface area contributed by atoms with Crippen molar-refractivity contribution in [2.75, 3.05) is 13.2 Å². The predicted octanol–water partition coefficient (Wildman–Crippen LogP) is 22.5. The molecular weight excluding hydrogens is 973 g/mol. The summed E-state index contributed by atoms with van der Waals surface area (Å²) in [5.41, 5.74) is 0. The highest BCUT2D eigenvalue weighted by Crippen LogP contribution is 2.16. The second-order valence-corrected chi connectivity index (χ2v) is 21.2. The number of carbonyl (C=O) groups is 3. The number of hydrogen-bond donors (Lipinski definition) is 0. The molecule has 0 radical (unpaired) electrons. The second kappa shape index (κ2) is 66.1. The van der Waals surface area contributed by atoms with Gasteiger partial charge in [0.25, 0.3) is 0 Å². The highest BCUT2D eigenvalue weighted by molar-refractivity contribution is 5.71. The Balaban J connectivity index is 4.38. The molecular formula is C73H120O6. The lowest BCUT2D eigenvalue weighted by atomic mass is 10.0. The van der Waals surface area contributed by atoms with Crippen molar-refractivity contribution in [2.24, 2.45) is 0 Å². The van der Waals surface area contributed by atoms with Crippen molar-refractivity contribution in [1.82, 2.24) is 0 Å². The number of unbranched alkanes of at least 4 members (excludes halogenated alkanes) is 25. The molecule has 0 N–H and O–H groups in total. The maximum absolute atomic E-state index is 12.9. The normalized spacial score (nSPS) is 13.0. The van der Waals surface area contributed by atoms with Crippen molar-refractivity contribution >= 4 is 17.9 Å². The third-order valence-electron chi connectivity index (χ3n) is 13.6. The van der Waals surface area contributed by atoms with Crippen LogP contribution in [0.1, 0.15) is 290 Å². The average molecular weight is 1090 g/mol. The van der Waals surface area contributed by atoms with E-state index in [0.29, 0.717) is 19.3 Å². The fourth-order valence-electron chi connectivity index (χ4n) is 8.85. The zero-order valence-electron chi connectivity index (χ0n) is 51.3. The molecule has 448 valence electrons. The van der Waals surface area contributed by atoms with E-state index in [2.05, 4.69) is 154 Å². The molecule has 6 heteroatoms. The summed E-state index contributed by atoms with van der Waals surface area (Å²) < 4.78 is 16.9. The Morgan fingerprint density at radius 2 is 0.456 bits per heavy atom. The van der Waals surface area contributed by atoms with Gasteiger partial charge in [0.05, 0.1) is 0 Å². The highest BCUT2D eigenvalue weighted by atomic mass is 16.6. The van der Waals surface area contributed by atoms with Gasteiger partial charge in [0.1, 0.15) is 13.2 Å². The smallest absolute Gasteiger partial charge is 0.306 e. The maximum Gasteiger partial charge on any atom is 0.306 e. The molecule has 0 rings (SSSR count). The quantitative estimate of drug-likeness (QED) is 0.0261. The van der Waals surface area contributed by atoms with Crippen LogP contribution in [-0.2, 0) is 28.6 Å². The molecule has 1 atom stereocenters. The fraction of sp³-hybridized carbons (Fsp3) is 0.658. The predicted molar refractivity (Wildman–Crippen MR) is 343 cm³/mol. The summed E-state index contributed by atoms with van der Waals surface area (Å²) in [4.78, 5) is 38.4. The van der Waals surface area contributed by atoms with E-state index in [1.807, 2.05) is 0 Å². The first kappa shape index (κ1) is 74.5. The summed E-state index contributed by atoms with van der Waals surface area (Å²) in [5, 5.41) is 0. The summed E-state index contributed by atoms with van der Waals surface area (Å²) in [6.07, 6.45) is 93.1. The first-order valence-corrected chi connectivity index (χ1v) is 32.7. The fourth-order valence-corrected chi connectivity index (χ4v) is 8.85. The van der Waals surface area contributed by atoms with Crippen LogP contribution in [0.15, 0.2) is 134 Å². The molecule has 0 saturated heterocycles. The zero-order valence-corrected chi connectivity index (χ0v) is 51.3. The third-order valence-corrected chi connectivity index (χ3v) is 13.6. The van der Waals surface area contributed by atoms with Crippen molar-refractivity contribution < 1.29 is 28.6 Å². The minimum absolute atomic E-state index is 0.0908. The molecule has 0 bridgehead atoms. The van der Waals surface area contributed by atoms with Crippen LogP contribution < -0.4 is 0 Å². The van der Waals surface area contributed by atoms with Crippen molar-refractivity contribution in [3.63, 3.8) is 0 Å². The summed E-state index contributed by atoms with van der Waals surface area (Å²) in [6.45, 7) is 6.30. The molecule has 0 amide bonds. The van der Waals surface area contributed by atoms with E-state index in [4.69, 9.17) is 14.2 Å². The molecule has 79 heavy (non-hydrogen) atoms. The highest BCUT2D eigenvalue weighted by Gasteiger charge is 2.19. The molecule has 0 aromatic rings. The molecule has 0 spiro atoms. The Morgan fingerprint density at radius 1 is 0.253 bits per heavy atom. The van der Waals surface area contributed by atoms with Crippen LogP contribution >= 0.6 is 0 Å². The lowest BCUT2D eigenvalue weighted by Crippen LogP contribution is -2.30. The summed E-state index contributed by atoms with van der Waals surface area (Å²) >= 11 is 0.